The van der Waals surface area contributed by atoms with Crippen LogP contribution >= 0.6 is 15.9 Å². The van der Waals surface area contributed by atoms with Crippen molar-refractivity contribution in [2.24, 2.45) is 0 Å². The topological polar surface area (TPSA) is 38.1 Å². The molecule has 0 bridgehead atoms. The van der Waals surface area contributed by atoms with Crippen LogP contribution in [0.4, 0.5) is 0 Å². The third-order valence-electron chi connectivity index (χ3n) is 3.55. The van der Waals surface area contributed by atoms with Crippen LogP contribution in [0.15, 0.2) is 45.6 Å². The monoisotopic (exact) mass is 306 g/mol. The van der Waals surface area contributed by atoms with Crippen LogP contribution in [0.25, 0.3) is 0 Å². The average molecular weight is 307 g/mol. The van der Waals surface area contributed by atoms with E-state index in [4.69, 9.17) is 4.52 Å². The molecular weight excluding hydrogens is 292 g/mol. The van der Waals surface area contributed by atoms with E-state index < -0.39 is 0 Å². The van der Waals surface area contributed by atoms with Crippen molar-refractivity contribution in [2.75, 3.05) is 0 Å². The number of nitrogens with zero attached hydrogens (tertiary/aromatic N) is 1. The average Bonchev–Trinajstić information content (AvgIpc) is 2.82. The lowest BCUT2D eigenvalue weighted by Crippen LogP contribution is -2.39. The molecule has 4 heteroatoms. The normalized spacial score (nSPS) is 22.7. The first-order valence-corrected chi connectivity index (χ1v) is 6.99. The standard InChI is InChI=1S/C14H15BrN2O/c15-14-4-2-1-3-13(14)10-7-12(8-10)16-9-11-5-6-18-17-11/h1-6,10,12,16H,7-9H2. The number of hydrogen-bond donors (Lipinski definition) is 1. The molecule has 2 aromatic rings. The summed E-state index contributed by atoms with van der Waals surface area (Å²) in [4.78, 5) is 0. The molecule has 1 saturated carbocycles. The van der Waals surface area contributed by atoms with E-state index in [1.54, 1.807) is 6.26 Å². The lowest BCUT2D eigenvalue weighted by molar-refractivity contribution is 0.285. The van der Waals surface area contributed by atoms with Crippen molar-refractivity contribution < 1.29 is 4.52 Å². The minimum Gasteiger partial charge on any atom is -0.364 e. The highest BCUT2D eigenvalue weighted by molar-refractivity contribution is 9.10. The lowest BCUT2D eigenvalue weighted by Gasteiger charge is -2.36. The van der Waals surface area contributed by atoms with E-state index in [-0.39, 0.29) is 0 Å². The van der Waals surface area contributed by atoms with Crippen LogP contribution in [0.5, 0.6) is 0 Å². The van der Waals surface area contributed by atoms with Gasteiger partial charge in [0.15, 0.2) is 0 Å². The fourth-order valence-corrected chi connectivity index (χ4v) is 3.03. The number of aromatic nitrogens is 1. The number of benzene rings is 1. The number of nitrogens with one attached hydrogen (secondary N) is 1. The molecule has 1 fully saturated rings. The quantitative estimate of drug-likeness (QED) is 0.940. The molecule has 1 aliphatic carbocycles. The summed E-state index contributed by atoms with van der Waals surface area (Å²) >= 11 is 3.62. The molecule has 0 saturated heterocycles. The van der Waals surface area contributed by atoms with Gasteiger partial charge in [0.05, 0.1) is 5.69 Å². The zero-order valence-corrected chi connectivity index (χ0v) is 11.6. The second kappa shape index (κ2) is 5.24. The molecule has 18 heavy (non-hydrogen) atoms. The van der Waals surface area contributed by atoms with E-state index in [9.17, 15) is 0 Å². The fraction of sp³-hybridized carbons (Fsp3) is 0.357. The Labute approximate surface area is 115 Å². The van der Waals surface area contributed by atoms with Gasteiger partial charge in [-0.15, -0.1) is 0 Å². The van der Waals surface area contributed by atoms with E-state index in [1.807, 2.05) is 6.07 Å². The van der Waals surface area contributed by atoms with Gasteiger partial charge in [0.2, 0.25) is 0 Å². The van der Waals surface area contributed by atoms with E-state index in [1.165, 1.54) is 22.9 Å². The Bertz CT molecular complexity index is 506. The van der Waals surface area contributed by atoms with Gasteiger partial charge in [-0.2, -0.15) is 0 Å². The van der Waals surface area contributed by atoms with Gasteiger partial charge in [-0.05, 0) is 30.4 Å². The largest absolute Gasteiger partial charge is 0.364 e. The zero-order valence-electron chi connectivity index (χ0n) is 9.97. The molecule has 1 aromatic carbocycles. The van der Waals surface area contributed by atoms with Gasteiger partial charge in [0, 0.05) is 23.1 Å². The Balaban J connectivity index is 1.50. The second-order valence-corrected chi connectivity index (χ2v) is 5.61. The summed E-state index contributed by atoms with van der Waals surface area (Å²) in [6.07, 6.45) is 4.00. The maximum absolute atomic E-state index is 4.81. The predicted octanol–water partition coefficient (Wildman–Crippen LogP) is 3.47. The van der Waals surface area contributed by atoms with Gasteiger partial charge in [-0.1, -0.05) is 39.3 Å². The maximum atomic E-state index is 4.81. The Morgan fingerprint density at radius 1 is 1.28 bits per heavy atom. The zero-order chi connectivity index (χ0) is 12.4. The summed E-state index contributed by atoms with van der Waals surface area (Å²) in [7, 11) is 0. The molecule has 1 aliphatic rings. The summed E-state index contributed by atoms with van der Waals surface area (Å²) in [5.41, 5.74) is 2.40. The van der Waals surface area contributed by atoms with Crippen LogP contribution in [0.2, 0.25) is 0 Å². The van der Waals surface area contributed by atoms with Crippen LogP contribution in [0.1, 0.15) is 30.0 Å². The van der Waals surface area contributed by atoms with Gasteiger partial charge in [-0.3, -0.25) is 0 Å². The SMILES string of the molecule is Brc1ccccc1C1CC(NCc2ccon2)C1. The molecule has 3 nitrogen and oxygen atoms in total. The van der Waals surface area contributed by atoms with E-state index >= 15 is 0 Å². The molecule has 1 aromatic heterocycles. The second-order valence-electron chi connectivity index (χ2n) is 4.76. The number of halogens is 1. The van der Waals surface area contributed by atoms with Crippen LogP contribution < -0.4 is 5.32 Å². The van der Waals surface area contributed by atoms with Crippen LogP contribution in [0, 0.1) is 0 Å². The molecule has 3 rings (SSSR count). The highest BCUT2D eigenvalue weighted by atomic mass is 79.9. The van der Waals surface area contributed by atoms with Gasteiger partial charge >= 0.3 is 0 Å². The third-order valence-corrected chi connectivity index (χ3v) is 4.27. The molecule has 0 radical (unpaired) electrons. The van der Waals surface area contributed by atoms with Crippen molar-refractivity contribution in [3.05, 3.63) is 52.3 Å². The summed E-state index contributed by atoms with van der Waals surface area (Å²) in [5, 5.41) is 7.40. The van der Waals surface area contributed by atoms with E-state index in [0.717, 1.165) is 12.2 Å². The predicted molar refractivity (Wildman–Crippen MR) is 73.2 cm³/mol. The Morgan fingerprint density at radius 3 is 2.83 bits per heavy atom. The smallest absolute Gasteiger partial charge is 0.124 e. The highest BCUT2D eigenvalue weighted by Gasteiger charge is 2.30. The van der Waals surface area contributed by atoms with Crippen molar-refractivity contribution in [1.82, 2.24) is 10.5 Å². The molecular formula is C14H15BrN2O. The van der Waals surface area contributed by atoms with Gasteiger partial charge in [-0.25, -0.2) is 0 Å². The molecule has 1 N–H and O–H groups in total. The van der Waals surface area contributed by atoms with Crippen molar-refractivity contribution >= 4 is 15.9 Å². The van der Waals surface area contributed by atoms with Gasteiger partial charge < -0.3 is 9.84 Å². The summed E-state index contributed by atoms with van der Waals surface area (Å²) in [5.74, 6) is 0.676. The van der Waals surface area contributed by atoms with Crippen molar-refractivity contribution in [3.63, 3.8) is 0 Å². The van der Waals surface area contributed by atoms with Crippen molar-refractivity contribution in [1.29, 1.82) is 0 Å². The minimum absolute atomic E-state index is 0.596. The van der Waals surface area contributed by atoms with Crippen LogP contribution in [-0.2, 0) is 6.54 Å². The molecule has 0 amide bonds. The summed E-state index contributed by atoms with van der Waals surface area (Å²) in [6.45, 7) is 0.795. The van der Waals surface area contributed by atoms with Crippen molar-refractivity contribution in [2.45, 2.75) is 31.3 Å². The first kappa shape index (κ1) is 11.9. The van der Waals surface area contributed by atoms with Crippen molar-refractivity contribution in [3.8, 4) is 0 Å². The lowest BCUT2D eigenvalue weighted by atomic mass is 9.76. The van der Waals surface area contributed by atoms with E-state index in [2.05, 4.69) is 50.7 Å². The first-order valence-electron chi connectivity index (χ1n) is 6.20. The van der Waals surface area contributed by atoms with Gasteiger partial charge in [0.25, 0.3) is 0 Å². The Morgan fingerprint density at radius 2 is 2.11 bits per heavy atom. The molecule has 0 atom stereocenters. The summed E-state index contributed by atoms with van der Waals surface area (Å²) < 4.78 is 6.04. The fourth-order valence-electron chi connectivity index (χ4n) is 2.42. The molecule has 0 aliphatic heterocycles. The van der Waals surface area contributed by atoms with Gasteiger partial charge in [0.1, 0.15) is 6.26 Å². The Kier molecular flexibility index (Phi) is 3.48. The molecule has 1 heterocycles. The molecule has 0 unspecified atom stereocenters. The minimum atomic E-state index is 0.596. The third kappa shape index (κ3) is 2.49. The molecule has 0 spiro atoms. The first-order chi connectivity index (χ1) is 8.83. The number of rotatable bonds is 4. The Hall–Kier alpha value is -1.13. The number of hydrogen-bond acceptors (Lipinski definition) is 3. The summed E-state index contributed by atoms with van der Waals surface area (Å²) in [6, 6.07) is 11.0. The maximum Gasteiger partial charge on any atom is 0.124 e. The van der Waals surface area contributed by atoms with E-state index in [0.29, 0.717) is 12.0 Å². The van der Waals surface area contributed by atoms with Crippen LogP contribution in [-0.4, -0.2) is 11.2 Å². The highest BCUT2D eigenvalue weighted by Crippen LogP contribution is 2.39. The molecule has 94 valence electrons. The van der Waals surface area contributed by atoms with Crippen LogP contribution in [0.3, 0.4) is 0 Å².